The highest BCUT2D eigenvalue weighted by Crippen LogP contribution is 2.65. The van der Waals surface area contributed by atoms with E-state index in [-0.39, 0.29) is 5.41 Å². The summed E-state index contributed by atoms with van der Waals surface area (Å²) in [5.41, 5.74) is 19.5. The van der Waals surface area contributed by atoms with Gasteiger partial charge in [0.25, 0.3) is 0 Å². The predicted octanol–water partition coefficient (Wildman–Crippen LogP) is 14.8. The molecule has 1 aliphatic heterocycles. The minimum absolute atomic E-state index is 0.124. The fraction of sp³-hybridized carbons (Fsp3) is 0.0714. The fourth-order valence-corrected chi connectivity index (χ4v) is 10.7. The molecule has 274 valence electrons. The minimum atomic E-state index is -0.545. The summed E-state index contributed by atoms with van der Waals surface area (Å²) in [6.07, 6.45) is 0. The number of nitrogens with zero attached hydrogens (tertiary/aromatic N) is 2. The van der Waals surface area contributed by atoms with E-state index in [4.69, 9.17) is 0 Å². The lowest BCUT2D eigenvalue weighted by Gasteiger charge is -2.44. The molecule has 0 amide bonds. The average molecular weight is 741 g/mol. The van der Waals surface area contributed by atoms with Crippen molar-refractivity contribution in [3.63, 3.8) is 0 Å². The Kier molecular flexibility index (Phi) is 6.93. The van der Waals surface area contributed by atoms with E-state index >= 15 is 0 Å². The third-order valence-corrected chi connectivity index (χ3v) is 13.2. The highest BCUT2D eigenvalue weighted by molar-refractivity contribution is 6.00. The Morgan fingerprint density at radius 3 is 1.72 bits per heavy atom. The van der Waals surface area contributed by atoms with Crippen molar-refractivity contribution in [1.29, 1.82) is 0 Å². The quantitative estimate of drug-likeness (QED) is 0.173. The summed E-state index contributed by atoms with van der Waals surface area (Å²) in [5.74, 6) is 0. The summed E-state index contributed by atoms with van der Waals surface area (Å²) in [5, 5.41) is 2.46. The first-order chi connectivity index (χ1) is 28.5. The van der Waals surface area contributed by atoms with Crippen LogP contribution in [0.25, 0.3) is 33.0 Å². The molecule has 12 rings (SSSR count). The molecular weight excluding hydrogens is 701 g/mol. The van der Waals surface area contributed by atoms with Gasteiger partial charge in [-0.1, -0.05) is 159 Å². The number of hydrogen-bond acceptors (Lipinski definition) is 2. The smallest absolute Gasteiger partial charge is 0.0755 e. The molecule has 2 nitrogen and oxygen atoms in total. The molecule has 58 heavy (non-hydrogen) atoms. The molecule has 2 aliphatic carbocycles. The van der Waals surface area contributed by atoms with E-state index in [2.05, 4.69) is 230 Å². The molecule has 9 aromatic carbocycles. The van der Waals surface area contributed by atoms with Crippen molar-refractivity contribution in [3.8, 4) is 22.3 Å². The van der Waals surface area contributed by atoms with E-state index in [1.807, 2.05) is 0 Å². The Morgan fingerprint density at radius 2 is 0.931 bits per heavy atom. The highest BCUT2D eigenvalue weighted by atomic mass is 15.2. The Morgan fingerprint density at radius 1 is 0.379 bits per heavy atom. The maximum atomic E-state index is 2.50. The number of rotatable bonds is 5. The zero-order valence-corrected chi connectivity index (χ0v) is 32.5. The molecule has 1 heterocycles. The molecule has 0 fully saturated rings. The molecular formula is C56H40N2. The summed E-state index contributed by atoms with van der Waals surface area (Å²) >= 11 is 0. The summed E-state index contributed by atoms with van der Waals surface area (Å²) in [6.45, 7) is 4.74. The van der Waals surface area contributed by atoms with Crippen molar-refractivity contribution in [2.45, 2.75) is 24.7 Å². The molecule has 1 unspecified atom stereocenters. The van der Waals surface area contributed by atoms with Crippen LogP contribution in [0.3, 0.4) is 0 Å². The van der Waals surface area contributed by atoms with Crippen LogP contribution in [0.1, 0.15) is 47.2 Å². The minimum Gasteiger partial charge on any atom is -0.310 e. The van der Waals surface area contributed by atoms with Gasteiger partial charge in [0, 0.05) is 33.7 Å². The van der Waals surface area contributed by atoms with Crippen molar-refractivity contribution in [2.24, 2.45) is 0 Å². The molecule has 0 N–H and O–H groups in total. The molecule has 2 heteroatoms. The second-order valence-corrected chi connectivity index (χ2v) is 16.5. The fourth-order valence-electron chi connectivity index (χ4n) is 10.7. The van der Waals surface area contributed by atoms with Gasteiger partial charge >= 0.3 is 0 Å². The van der Waals surface area contributed by atoms with Gasteiger partial charge in [-0.05, 0) is 122 Å². The first-order valence-corrected chi connectivity index (χ1v) is 20.4. The SMILES string of the molecule is CC1(C)c2ccccc2-c2ccc(N(c3ccc4c(c3)C3(c5ccccc5)c5ccccc5N(c5ccccc5)c5cccc-4c53)c3ccc4ccccc4c3)cc21. The lowest BCUT2D eigenvalue weighted by atomic mass is 9.65. The largest absolute Gasteiger partial charge is 0.310 e. The molecule has 3 aliphatic rings. The van der Waals surface area contributed by atoms with Gasteiger partial charge < -0.3 is 9.80 Å². The van der Waals surface area contributed by atoms with Crippen LogP contribution in [0.5, 0.6) is 0 Å². The summed E-state index contributed by atoms with van der Waals surface area (Å²) in [7, 11) is 0. The van der Waals surface area contributed by atoms with Gasteiger partial charge in [0.15, 0.2) is 0 Å². The zero-order chi connectivity index (χ0) is 38.6. The Bertz CT molecular complexity index is 3110. The Labute approximate surface area is 339 Å². The number of benzene rings is 9. The third-order valence-electron chi connectivity index (χ3n) is 13.2. The zero-order valence-electron chi connectivity index (χ0n) is 32.5. The number of para-hydroxylation sites is 2. The van der Waals surface area contributed by atoms with Gasteiger partial charge in [-0.15, -0.1) is 0 Å². The normalized spacial score (nSPS) is 16.3. The van der Waals surface area contributed by atoms with Crippen LogP contribution in [-0.4, -0.2) is 0 Å². The lowest BCUT2D eigenvalue weighted by Crippen LogP contribution is -2.36. The maximum Gasteiger partial charge on any atom is 0.0755 e. The first-order valence-electron chi connectivity index (χ1n) is 20.4. The van der Waals surface area contributed by atoms with E-state index in [9.17, 15) is 0 Å². The van der Waals surface area contributed by atoms with Crippen molar-refractivity contribution < 1.29 is 0 Å². The van der Waals surface area contributed by atoms with Crippen LogP contribution in [0.4, 0.5) is 34.1 Å². The van der Waals surface area contributed by atoms with Crippen molar-refractivity contribution >= 4 is 44.9 Å². The maximum absolute atomic E-state index is 2.50. The molecule has 0 saturated carbocycles. The van der Waals surface area contributed by atoms with Crippen LogP contribution in [-0.2, 0) is 10.8 Å². The average Bonchev–Trinajstić information content (AvgIpc) is 3.71. The van der Waals surface area contributed by atoms with Crippen LogP contribution in [0, 0.1) is 0 Å². The van der Waals surface area contributed by atoms with E-state index < -0.39 is 5.41 Å². The molecule has 9 aromatic rings. The number of anilines is 6. The van der Waals surface area contributed by atoms with E-state index in [1.54, 1.807) is 0 Å². The number of hydrogen-bond donors (Lipinski definition) is 0. The van der Waals surface area contributed by atoms with Crippen LogP contribution in [0.2, 0.25) is 0 Å². The van der Waals surface area contributed by atoms with Gasteiger partial charge in [-0.25, -0.2) is 0 Å². The second kappa shape index (κ2) is 12.2. The van der Waals surface area contributed by atoms with Gasteiger partial charge in [-0.3, -0.25) is 0 Å². The topological polar surface area (TPSA) is 6.48 Å². The highest BCUT2D eigenvalue weighted by Gasteiger charge is 2.52. The lowest BCUT2D eigenvalue weighted by molar-refractivity contribution is 0.660. The van der Waals surface area contributed by atoms with Gasteiger partial charge in [0.05, 0.1) is 16.8 Å². The second-order valence-electron chi connectivity index (χ2n) is 16.5. The summed E-state index contributed by atoms with van der Waals surface area (Å²) in [6, 6.07) is 76.9. The molecule has 0 bridgehead atoms. The van der Waals surface area contributed by atoms with Crippen molar-refractivity contribution in [3.05, 3.63) is 240 Å². The van der Waals surface area contributed by atoms with E-state index in [0.717, 1.165) is 22.7 Å². The van der Waals surface area contributed by atoms with Gasteiger partial charge in [0.2, 0.25) is 0 Å². The standard InChI is InChI=1S/C56H40N2/c1-55(2)48-24-12-11-22-44(48)45-32-30-42(35-50(45)55)57(41-29-28-37-16-9-10-17-38(37)34-41)43-31-33-46-47-23-15-27-53-54(47)56(51(46)36-43,39-18-5-3-6-19-39)49-25-13-14-26-52(49)58(53)40-20-7-4-8-21-40/h3-36H,1-2H3. The summed E-state index contributed by atoms with van der Waals surface area (Å²) < 4.78 is 0. The molecule has 0 aromatic heterocycles. The van der Waals surface area contributed by atoms with Crippen molar-refractivity contribution in [1.82, 2.24) is 0 Å². The monoisotopic (exact) mass is 740 g/mol. The van der Waals surface area contributed by atoms with Crippen LogP contribution < -0.4 is 9.80 Å². The summed E-state index contributed by atoms with van der Waals surface area (Å²) in [4.78, 5) is 4.95. The molecule has 0 radical (unpaired) electrons. The Hall–Kier alpha value is -7.16. The van der Waals surface area contributed by atoms with Crippen molar-refractivity contribution in [2.75, 3.05) is 9.80 Å². The van der Waals surface area contributed by atoms with Gasteiger partial charge in [0.1, 0.15) is 0 Å². The van der Waals surface area contributed by atoms with Gasteiger partial charge in [-0.2, -0.15) is 0 Å². The van der Waals surface area contributed by atoms with E-state index in [1.165, 1.54) is 77.8 Å². The van der Waals surface area contributed by atoms with Crippen LogP contribution >= 0.6 is 0 Å². The third kappa shape index (κ3) is 4.43. The van der Waals surface area contributed by atoms with E-state index in [0.29, 0.717) is 0 Å². The molecule has 0 saturated heterocycles. The Balaban J connectivity index is 1.14. The van der Waals surface area contributed by atoms with Crippen LogP contribution in [0.15, 0.2) is 206 Å². The predicted molar refractivity (Wildman–Crippen MR) is 242 cm³/mol. The molecule has 1 atom stereocenters. The first kappa shape index (κ1) is 33.0. The molecule has 0 spiro atoms. The number of fused-ring (bicyclic) bond motifs is 9.